The summed E-state index contributed by atoms with van der Waals surface area (Å²) in [5.41, 5.74) is 0. The normalized spacial score (nSPS) is 20.6. The van der Waals surface area contributed by atoms with E-state index >= 15 is 0 Å². The molecule has 0 amide bonds. The minimum Gasteiger partial charge on any atom is -0.324 e. The quantitative estimate of drug-likeness (QED) is 0.492. The summed E-state index contributed by atoms with van der Waals surface area (Å²) in [6, 6.07) is 0. The molecule has 0 aromatic carbocycles. The fourth-order valence-corrected chi connectivity index (χ4v) is 3.34. The molecular weight excluding hydrogens is 306 g/mol. The number of hydrogen-bond donors (Lipinski definition) is 4. The average Bonchev–Trinajstić information content (AvgIpc) is 2.23. The molecule has 0 atom stereocenters. The molecule has 20 heavy (non-hydrogen) atoms. The second-order valence-corrected chi connectivity index (χ2v) is 8.72. The molecular formula is C10H24N2O6P2. The van der Waals surface area contributed by atoms with Gasteiger partial charge in [-0.2, -0.15) is 0 Å². The van der Waals surface area contributed by atoms with E-state index in [0.717, 1.165) is 39.0 Å². The van der Waals surface area contributed by atoms with Crippen LogP contribution in [0.15, 0.2) is 0 Å². The van der Waals surface area contributed by atoms with Gasteiger partial charge in [-0.25, -0.2) is 0 Å². The van der Waals surface area contributed by atoms with Crippen LogP contribution in [0.25, 0.3) is 0 Å². The average molecular weight is 330 g/mol. The lowest BCUT2D eigenvalue weighted by Gasteiger charge is -2.30. The van der Waals surface area contributed by atoms with E-state index in [1.807, 2.05) is 9.80 Å². The maximum absolute atomic E-state index is 10.8. The fourth-order valence-electron chi connectivity index (χ4n) is 2.25. The zero-order valence-electron chi connectivity index (χ0n) is 11.5. The van der Waals surface area contributed by atoms with Crippen LogP contribution < -0.4 is 0 Å². The molecule has 120 valence electrons. The first-order valence-corrected chi connectivity index (χ1v) is 10.3. The molecule has 10 heteroatoms. The Morgan fingerprint density at radius 3 is 1.25 bits per heavy atom. The summed E-state index contributed by atoms with van der Waals surface area (Å²) in [7, 11) is -7.88. The van der Waals surface area contributed by atoms with Gasteiger partial charge in [-0.05, 0) is 39.0 Å². The summed E-state index contributed by atoms with van der Waals surface area (Å²) >= 11 is 0. The highest BCUT2D eigenvalue weighted by atomic mass is 31.2. The summed E-state index contributed by atoms with van der Waals surface area (Å²) in [5.74, 6) is 0. The van der Waals surface area contributed by atoms with Crippen LogP contribution in [0.3, 0.4) is 0 Å². The van der Waals surface area contributed by atoms with Crippen LogP contribution in [-0.4, -0.2) is 81.0 Å². The van der Waals surface area contributed by atoms with Crippen molar-refractivity contribution in [3.05, 3.63) is 0 Å². The molecule has 0 unspecified atom stereocenters. The van der Waals surface area contributed by atoms with Gasteiger partial charge in [0.15, 0.2) is 0 Å². The Morgan fingerprint density at radius 1 is 0.700 bits per heavy atom. The molecule has 1 saturated heterocycles. The number of hydrogen-bond acceptors (Lipinski definition) is 4. The Bertz CT molecular complexity index is 338. The molecule has 0 radical (unpaired) electrons. The Morgan fingerprint density at radius 2 is 1.00 bits per heavy atom. The molecule has 1 rings (SSSR count). The second-order valence-electron chi connectivity index (χ2n) is 5.17. The highest BCUT2D eigenvalue weighted by molar-refractivity contribution is 7.52. The van der Waals surface area contributed by atoms with E-state index in [-0.39, 0.29) is 12.3 Å². The van der Waals surface area contributed by atoms with Crippen molar-refractivity contribution in [3.8, 4) is 0 Å². The van der Waals surface area contributed by atoms with Crippen molar-refractivity contribution in [2.24, 2.45) is 0 Å². The first kappa shape index (κ1) is 18.3. The van der Waals surface area contributed by atoms with Crippen molar-refractivity contribution < 1.29 is 28.7 Å². The Labute approximate surface area is 119 Å². The lowest BCUT2D eigenvalue weighted by atomic mass is 10.2. The molecule has 0 bridgehead atoms. The van der Waals surface area contributed by atoms with Crippen LogP contribution in [0, 0.1) is 0 Å². The Balaban J connectivity index is 2.28. The van der Waals surface area contributed by atoms with Gasteiger partial charge in [-0.3, -0.25) is 9.13 Å². The van der Waals surface area contributed by atoms with Crippen molar-refractivity contribution in [2.45, 2.75) is 12.8 Å². The van der Waals surface area contributed by atoms with Gasteiger partial charge in [0.05, 0.1) is 12.3 Å². The molecule has 1 aliphatic heterocycles. The van der Waals surface area contributed by atoms with Crippen LogP contribution in [0.4, 0.5) is 0 Å². The third kappa shape index (κ3) is 9.21. The standard InChI is InChI=1S/C10H24N2O6P2/c13-19(14,15)9-7-11-3-1-4-12(6-2-5-11)8-10-20(16,17)18/h1-10H2,(H2,13,14,15)(H2,16,17,18). The van der Waals surface area contributed by atoms with Crippen LogP contribution >= 0.6 is 15.2 Å². The minimum atomic E-state index is -3.94. The van der Waals surface area contributed by atoms with Crippen LogP contribution in [-0.2, 0) is 9.13 Å². The largest absolute Gasteiger partial charge is 0.326 e. The molecule has 0 aromatic heterocycles. The second kappa shape index (κ2) is 8.01. The van der Waals surface area contributed by atoms with Crippen molar-refractivity contribution in [1.82, 2.24) is 9.80 Å². The van der Waals surface area contributed by atoms with Crippen molar-refractivity contribution in [3.63, 3.8) is 0 Å². The fraction of sp³-hybridized carbons (Fsp3) is 1.00. The molecule has 8 nitrogen and oxygen atoms in total. The first-order valence-electron chi connectivity index (χ1n) is 6.69. The molecule has 1 heterocycles. The molecule has 0 aromatic rings. The van der Waals surface area contributed by atoms with Crippen molar-refractivity contribution in [2.75, 3.05) is 51.6 Å². The zero-order chi connectivity index (χ0) is 15.2. The summed E-state index contributed by atoms with van der Waals surface area (Å²) in [5, 5.41) is 0. The minimum absolute atomic E-state index is 0.116. The molecule has 0 saturated carbocycles. The van der Waals surface area contributed by atoms with Gasteiger partial charge in [-0.1, -0.05) is 0 Å². The van der Waals surface area contributed by atoms with E-state index in [1.165, 1.54) is 0 Å². The van der Waals surface area contributed by atoms with E-state index in [1.54, 1.807) is 0 Å². The lowest BCUT2D eigenvalue weighted by Crippen LogP contribution is -2.38. The van der Waals surface area contributed by atoms with E-state index in [9.17, 15) is 9.13 Å². The predicted molar refractivity (Wildman–Crippen MR) is 75.9 cm³/mol. The predicted octanol–water partition coefficient (Wildman–Crippen LogP) is -0.260. The van der Waals surface area contributed by atoms with Crippen molar-refractivity contribution >= 4 is 15.2 Å². The van der Waals surface area contributed by atoms with Gasteiger partial charge >= 0.3 is 15.2 Å². The molecule has 4 N–H and O–H groups in total. The summed E-state index contributed by atoms with van der Waals surface area (Å²) in [6.07, 6.45) is 1.44. The first-order chi connectivity index (χ1) is 9.16. The van der Waals surface area contributed by atoms with E-state index in [2.05, 4.69) is 0 Å². The molecule has 0 aliphatic carbocycles. The van der Waals surface area contributed by atoms with Gasteiger partial charge in [0, 0.05) is 13.1 Å². The summed E-state index contributed by atoms with van der Waals surface area (Å²) in [6.45, 7) is 3.82. The van der Waals surface area contributed by atoms with Gasteiger partial charge < -0.3 is 29.4 Å². The van der Waals surface area contributed by atoms with Crippen LogP contribution in [0.5, 0.6) is 0 Å². The number of rotatable bonds is 6. The van der Waals surface area contributed by atoms with E-state index in [0.29, 0.717) is 13.1 Å². The van der Waals surface area contributed by atoms with Crippen LogP contribution in [0.1, 0.15) is 12.8 Å². The zero-order valence-corrected chi connectivity index (χ0v) is 13.3. The smallest absolute Gasteiger partial charge is 0.324 e. The lowest BCUT2D eigenvalue weighted by molar-refractivity contribution is 0.189. The van der Waals surface area contributed by atoms with Gasteiger partial charge in [-0.15, -0.1) is 0 Å². The number of nitrogens with zero attached hydrogens (tertiary/aromatic N) is 2. The van der Waals surface area contributed by atoms with Crippen LogP contribution in [0.2, 0.25) is 0 Å². The highest BCUT2D eigenvalue weighted by Gasteiger charge is 2.19. The molecule has 0 spiro atoms. The summed E-state index contributed by atoms with van der Waals surface area (Å²) in [4.78, 5) is 39.5. The Kier molecular flexibility index (Phi) is 7.32. The maximum Gasteiger partial charge on any atom is 0.326 e. The monoisotopic (exact) mass is 330 g/mol. The SMILES string of the molecule is O=P(O)(O)CCN1CCCN(CCP(=O)(O)O)CCC1. The summed E-state index contributed by atoms with van der Waals surface area (Å²) < 4.78 is 21.7. The van der Waals surface area contributed by atoms with Gasteiger partial charge in [0.2, 0.25) is 0 Å². The Hall–Kier alpha value is 0.220. The molecule has 1 aliphatic rings. The van der Waals surface area contributed by atoms with Gasteiger partial charge in [0.25, 0.3) is 0 Å². The topological polar surface area (TPSA) is 122 Å². The molecule has 1 fully saturated rings. The highest BCUT2D eigenvalue weighted by Crippen LogP contribution is 2.34. The third-order valence-corrected chi connectivity index (χ3v) is 4.88. The third-order valence-electron chi connectivity index (χ3n) is 3.31. The van der Waals surface area contributed by atoms with E-state index in [4.69, 9.17) is 19.6 Å². The van der Waals surface area contributed by atoms with Crippen molar-refractivity contribution in [1.29, 1.82) is 0 Å². The van der Waals surface area contributed by atoms with Gasteiger partial charge in [0.1, 0.15) is 0 Å². The maximum atomic E-state index is 10.8. The van der Waals surface area contributed by atoms with E-state index < -0.39 is 15.2 Å².